The molecular weight excluding hydrogens is 412 g/mol. The van der Waals surface area contributed by atoms with Crippen LogP contribution in [0.4, 0.5) is 16.2 Å². The van der Waals surface area contributed by atoms with Gasteiger partial charge in [0.2, 0.25) is 0 Å². The van der Waals surface area contributed by atoms with Crippen molar-refractivity contribution in [2.45, 2.75) is 25.8 Å². The minimum Gasteiger partial charge on any atom is -0.497 e. The van der Waals surface area contributed by atoms with E-state index in [0.717, 1.165) is 49.8 Å². The molecule has 6 nitrogen and oxygen atoms in total. The van der Waals surface area contributed by atoms with Crippen LogP contribution in [-0.2, 0) is 6.54 Å². The third-order valence-corrected chi connectivity index (χ3v) is 6.42. The highest BCUT2D eigenvalue weighted by atomic mass is 35.5. The molecule has 0 aromatic heterocycles. The molecule has 0 spiro atoms. The van der Waals surface area contributed by atoms with Crippen LogP contribution in [0.5, 0.6) is 5.75 Å². The molecule has 0 aliphatic carbocycles. The van der Waals surface area contributed by atoms with Crippen molar-refractivity contribution in [2.24, 2.45) is 0 Å². The van der Waals surface area contributed by atoms with Crippen LogP contribution in [-0.4, -0.2) is 62.2 Å². The maximum Gasteiger partial charge on any atom is 0.321 e. The highest BCUT2D eigenvalue weighted by molar-refractivity contribution is 6.33. The number of piperazine rings is 1. The van der Waals surface area contributed by atoms with Gasteiger partial charge in [0.15, 0.2) is 0 Å². The van der Waals surface area contributed by atoms with Crippen molar-refractivity contribution in [2.75, 3.05) is 56.6 Å². The van der Waals surface area contributed by atoms with Crippen LogP contribution in [0.25, 0.3) is 0 Å². The standard InChI is InChI=1S/C24H31ClN4O2/c1-31-21-8-5-19(6-9-21)18-27-13-15-29(16-14-27)24(30)26-20-7-10-23(22(25)17-20)28-11-3-2-4-12-28/h5-10,17H,2-4,11-16,18H2,1H3,(H,26,30). The van der Waals surface area contributed by atoms with E-state index in [-0.39, 0.29) is 6.03 Å². The van der Waals surface area contributed by atoms with Gasteiger partial charge in [-0.05, 0) is 55.2 Å². The smallest absolute Gasteiger partial charge is 0.321 e. The summed E-state index contributed by atoms with van der Waals surface area (Å²) in [6.45, 7) is 6.11. The molecule has 0 radical (unpaired) electrons. The molecule has 2 aromatic carbocycles. The van der Waals surface area contributed by atoms with Crippen molar-refractivity contribution in [3.8, 4) is 5.75 Å². The molecule has 0 bridgehead atoms. The number of hydrogen-bond donors (Lipinski definition) is 1. The van der Waals surface area contributed by atoms with Crippen molar-refractivity contribution in [1.29, 1.82) is 0 Å². The van der Waals surface area contributed by atoms with Crippen LogP contribution in [0.2, 0.25) is 5.02 Å². The van der Waals surface area contributed by atoms with Gasteiger partial charge < -0.3 is 19.9 Å². The first-order valence-electron chi connectivity index (χ1n) is 11.1. The van der Waals surface area contributed by atoms with E-state index in [1.54, 1.807) is 7.11 Å². The predicted octanol–water partition coefficient (Wildman–Crippen LogP) is 4.69. The molecule has 0 unspecified atom stereocenters. The Morgan fingerprint density at radius 1 is 0.968 bits per heavy atom. The molecule has 2 fully saturated rings. The Balaban J connectivity index is 1.27. The van der Waals surface area contributed by atoms with Crippen LogP contribution in [0.3, 0.4) is 0 Å². The molecule has 2 aromatic rings. The second-order valence-corrected chi connectivity index (χ2v) is 8.66. The number of urea groups is 1. The predicted molar refractivity (Wildman–Crippen MR) is 126 cm³/mol. The van der Waals surface area contributed by atoms with Gasteiger partial charge in [-0.25, -0.2) is 4.79 Å². The van der Waals surface area contributed by atoms with Gasteiger partial charge in [-0.3, -0.25) is 4.90 Å². The quantitative estimate of drug-likeness (QED) is 0.729. The number of methoxy groups -OCH3 is 1. The van der Waals surface area contributed by atoms with Crippen LogP contribution in [0, 0.1) is 0 Å². The van der Waals surface area contributed by atoms with E-state index in [1.165, 1.54) is 24.8 Å². The zero-order valence-corrected chi connectivity index (χ0v) is 18.9. The van der Waals surface area contributed by atoms with E-state index < -0.39 is 0 Å². The first kappa shape index (κ1) is 21.8. The molecule has 2 aliphatic heterocycles. The number of benzene rings is 2. The Labute approximate surface area is 189 Å². The van der Waals surface area contributed by atoms with E-state index in [4.69, 9.17) is 16.3 Å². The molecule has 0 atom stereocenters. The Hall–Kier alpha value is -2.44. The van der Waals surface area contributed by atoms with E-state index in [9.17, 15) is 4.79 Å². The fourth-order valence-electron chi connectivity index (χ4n) is 4.28. The minimum absolute atomic E-state index is 0.0640. The normalized spacial score (nSPS) is 17.5. The number of amides is 2. The second-order valence-electron chi connectivity index (χ2n) is 8.26. The van der Waals surface area contributed by atoms with Crippen molar-refractivity contribution in [3.05, 3.63) is 53.1 Å². The number of anilines is 2. The lowest BCUT2D eigenvalue weighted by molar-refractivity contribution is 0.143. The number of carbonyl (C=O) groups excluding carboxylic acids is 1. The molecule has 2 amide bonds. The van der Waals surface area contributed by atoms with Gasteiger partial charge in [0.1, 0.15) is 5.75 Å². The zero-order chi connectivity index (χ0) is 21.6. The van der Waals surface area contributed by atoms with E-state index in [2.05, 4.69) is 27.2 Å². The van der Waals surface area contributed by atoms with Gasteiger partial charge in [-0.1, -0.05) is 23.7 Å². The van der Waals surface area contributed by atoms with Gasteiger partial charge in [0.25, 0.3) is 0 Å². The van der Waals surface area contributed by atoms with E-state index in [0.29, 0.717) is 18.1 Å². The summed E-state index contributed by atoms with van der Waals surface area (Å²) in [6, 6.07) is 13.9. The highest BCUT2D eigenvalue weighted by Crippen LogP contribution is 2.31. The summed E-state index contributed by atoms with van der Waals surface area (Å²) in [5.41, 5.74) is 3.06. The monoisotopic (exact) mass is 442 g/mol. The van der Waals surface area contributed by atoms with Gasteiger partial charge in [0, 0.05) is 51.5 Å². The molecule has 2 saturated heterocycles. The highest BCUT2D eigenvalue weighted by Gasteiger charge is 2.22. The molecule has 31 heavy (non-hydrogen) atoms. The minimum atomic E-state index is -0.0640. The zero-order valence-electron chi connectivity index (χ0n) is 18.1. The fourth-order valence-corrected chi connectivity index (χ4v) is 4.58. The Morgan fingerprint density at radius 2 is 1.68 bits per heavy atom. The number of carbonyl (C=O) groups is 1. The number of hydrogen-bond acceptors (Lipinski definition) is 4. The summed E-state index contributed by atoms with van der Waals surface area (Å²) in [7, 11) is 1.68. The third kappa shape index (κ3) is 5.63. The first-order valence-corrected chi connectivity index (χ1v) is 11.5. The number of halogens is 1. The van der Waals surface area contributed by atoms with Crippen LogP contribution >= 0.6 is 11.6 Å². The molecule has 1 N–H and O–H groups in total. The molecule has 2 heterocycles. The molecule has 7 heteroatoms. The van der Waals surface area contributed by atoms with Crippen molar-refractivity contribution < 1.29 is 9.53 Å². The van der Waals surface area contributed by atoms with Crippen molar-refractivity contribution in [3.63, 3.8) is 0 Å². The molecule has 4 rings (SSSR count). The molecule has 0 saturated carbocycles. The average molecular weight is 443 g/mol. The summed E-state index contributed by atoms with van der Waals surface area (Å²) in [5, 5.41) is 3.71. The summed E-state index contributed by atoms with van der Waals surface area (Å²) < 4.78 is 5.22. The number of rotatable bonds is 5. The lowest BCUT2D eigenvalue weighted by atomic mass is 10.1. The van der Waals surface area contributed by atoms with Crippen LogP contribution in [0.1, 0.15) is 24.8 Å². The van der Waals surface area contributed by atoms with Gasteiger partial charge >= 0.3 is 6.03 Å². The number of ether oxygens (including phenoxy) is 1. The summed E-state index contributed by atoms with van der Waals surface area (Å²) >= 11 is 6.53. The second kappa shape index (κ2) is 10.2. The topological polar surface area (TPSA) is 48.1 Å². The maximum absolute atomic E-state index is 12.7. The lowest BCUT2D eigenvalue weighted by Gasteiger charge is -2.34. The Morgan fingerprint density at radius 3 is 2.32 bits per heavy atom. The van der Waals surface area contributed by atoms with Gasteiger partial charge in [0.05, 0.1) is 17.8 Å². The van der Waals surface area contributed by atoms with Crippen LogP contribution < -0.4 is 15.0 Å². The van der Waals surface area contributed by atoms with Crippen molar-refractivity contribution in [1.82, 2.24) is 9.80 Å². The van der Waals surface area contributed by atoms with E-state index in [1.807, 2.05) is 35.2 Å². The number of nitrogens with zero attached hydrogens (tertiary/aromatic N) is 3. The third-order valence-electron chi connectivity index (χ3n) is 6.12. The first-order chi connectivity index (χ1) is 15.1. The van der Waals surface area contributed by atoms with Crippen LogP contribution in [0.15, 0.2) is 42.5 Å². The number of nitrogens with one attached hydrogen (secondary N) is 1. The maximum atomic E-state index is 12.7. The summed E-state index contributed by atoms with van der Waals surface area (Å²) in [5.74, 6) is 0.870. The van der Waals surface area contributed by atoms with Gasteiger partial charge in [-0.15, -0.1) is 0 Å². The fraction of sp³-hybridized carbons (Fsp3) is 0.458. The Kier molecular flexibility index (Phi) is 7.20. The molecule has 166 valence electrons. The number of piperidine rings is 1. The molecule has 2 aliphatic rings. The lowest BCUT2D eigenvalue weighted by Crippen LogP contribution is -2.49. The molecular formula is C24H31ClN4O2. The summed E-state index contributed by atoms with van der Waals surface area (Å²) in [4.78, 5) is 19.3. The summed E-state index contributed by atoms with van der Waals surface area (Å²) in [6.07, 6.45) is 3.70. The largest absolute Gasteiger partial charge is 0.497 e. The van der Waals surface area contributed by atoms with Crippen molar-refractivity contribution >= 4 is 29.0 Å². The van der Waals surface area contributed by atoms with E-state index >= 15 is 0 Å². The van der Waals surface area contributed by atoms with Gasteiger partial charge in [-0.2, -0.15) is 0 Å². The average Bonchev–Trinajstić information content (AvgIpc) is 2.81. The SMILES string of the molecule is COc1ccc(CN2CCN(C(=O)Nc3ccc(N4CCCCC4)c(Cl)c3)CC2)cc1. The Bertz CT molecular complexity index is 876.